The first-order valence-corrected chi connectivity index (χ1v) is 7.39. The molecule has 1 unspecified atom stereocenters. The van der Waals surface area contributed by atoms with E-state index in [9.17, 15) is 4.79 Å². The molecule has 0 aliphatic heterocycles. The molecule has 0 aromatic heterocycles. The van der Waals surface area contributed by atoms with Crippen LogP contribution in [0.5, 0.6) is 0 Å². The van der Waals surface area contributed by atoms with Gasteiger partial charge in [-0.05, 0) is 51.0 Å². The highest BCUT2D eigenvalue weighted by atomic mass is 79.9. The van der Waals surface area contributed by atoms with Crippen LogP contribution in [0.3, 0.4) is 0 Å². The molecule has 0 spiro atoms. The van der Waals surface area contributed by atoms with Gasteiger partial charge in [0.2, 0.25) is 0 Å². The van der Waals surface area contributed by atoms with Gasteiger partial charge in [0.05, 0.1) is 0 Å². The number of amides is 1. The van der Waals surface area contributed by atoms with E-state index in [0.717, 1.165) is 17.7 Å². The molecule has 0 radical (unpaired) electrons. The van der Waals surface area contributed by atoms with E-state index in [1.165, 1.54) is 0 Å². The van der Waals surface area contributed by atoms with E-state index >= 15 is 0 Å². The van der Waals surface area contributed by atoms with Crippen molar-refractivity contribution < 1.29 is 9.53 Å². The van der Waals surface area contributed by atoms with Gasteiger partial charge in [-0.3, -0.25) is 5.32 Å². The van der Waals surface area contributed by atoms with Crippen molar-refractivity contribution in [2.75, 3.05) is 5.32 Å². The number of nitrogens with one attached hydrogen (secondary N) is 1. The molecule has 1 aromatic rings. The quantitative estimate of drug-likeness (QED) is 0.779. The molecule has 19 heavy (non-hydrogen) atoms. The third kappa shape index (κ3) is 6.30. The van der Waals surface area contributed by atoms with Crippen molar-refractivity contribution in [3.63, 3.8) is 0 Å². The molecule has 0 fully saturated rings. The van der Waals surface area contributed by atoms with Gasteiger partial charge in [0.15, 0.2) is 0 Å². The Hall–Kier alpha value is -0.740. The normalized spacial score (nSPS) is 12.9. The summed E-state index contributed by atoms with van der Waals surface area (Å²) in [4.78, 5) is 12.1. The SMILES string of the molecule is CC(Br)Cc1cc(Cl)ccc1NC(=O)OC(C)(C)C. The fraction of sp³-hybridized carbons (Fsp3) is 0.500. The number of carbonyl (C=O) groups is 1. The van der Waals surface area contributed by atoms with Crippen molar-refractivity contribution in [2.45, 2.75) is 44.5 Å². The van der Waals surface area contributed by atoms with Crippen LogP contribution in [-0.4, -0.2) is 16.5 Å². The van der Waals surface area contributed by atoms with Crippen molar-refractivity contribution in [3.8, 4) is 0 Å². The molecule has 1 N–H and O–H groups in total. The van der Waals surface area contributed by atoms with Crippen LogP contribution in [0.1, 0.15) is 33.3 Å². The highest BCUT2D eigenvalue weighted by Gasteiger charge is 2.17. The van der Waals surface area contributed by atoms with Crippen molar-refractivity contribution in [3.05, 3.63) is 28.8 Å². The Balaban J connectivity index is 2.85. The smallest absolute Gasteiger partial charge is 0.412 e. The number of benzene rings is 1. The summed E-state index contributed by atoms with van der Waals surface area (Å²) in [5.41, 5.74) is 1.19. The van der Waals surface area contributed by atoms with Gasteiger partial charge >= 0.3 is 6.09 Å². The van der Waals surface area contributed by atoms with E-state index in [-0.39, 0.29) is 0 Å². The van der Waals surface area contributed by atoms with Crippen LogP contribution in [0.4, 0.5) is 10.5 Å². The van der Waals surface area contributed by atoms with Crippen LogP contribution in [0.25, 0.3) is 0 Å². The van der Waals surface area contributed by atoms with Gasteiger partial charge in [0.1, 0.15) is 5.60 Å². The van der Waals surface area contributed by atoms with Crippen LogP contribution in [0.15, 0.2) is 18.2 Å². The minimum Gasteiger partial charge on any atom is -0.444 e. The van der Waals surface area contributed by atoms with Crippen LogP contribution < -0.4 is 5.32 Å². The lowest BCUT2D eigenvalue weighted by atomic mass is 10.1. The van der Waals surface area contributed by atoms with Gasteiger partial charge in [-0.2, -0.15) is 0 Å². The van der Waals surface area contributed by atoms with Gasteiger partial charge in [-0.1, -0.05) is 34.5 Å². The summed E-state index contributed by atoms with van der Waals surface area (Å²) < 4.78 is 5.24. The monoisotopic (exact) mass is 347 g/mol. The number of halogens is 2. The Labute approximate surface area is 127 Å². The van der Waals surface area contributed by atoms with Crippen LogP contribution in [0.2, 0.25) is 5.02 Å². The average Bonchev–Trinajstić information content (AvgIpc) is 2.18. The second-order valence-electron chi connectivity index (χ2n) is 5.41. The predicted molar refractivity (Wildman–Crippen MR) is 83.4 cm³/mol. The first-order chi connectivity index (χ1) is 8.67. The maximum Gasteiger partial charge on any atom is 0.412 e. The second-order valence-corrected chi connectivity index (χ2v) is 7.41. The molecule has 1 atom stereocenters. The summed E-state index contributed by atoms with van der Waals surface area (Å²) in [6, 6.07) is 5.39. The van der Waals surface area contributed by atoms with Crippen LogP contribution in [-0.2, 0) is 11.2 Å². The zero-order valence-electron chi connectivity index (χ0n) is 11.6. The number of ether oxygens (including phenoxy) is 1. The summed E-state index contributed by atoms with van der Waals surface area (Å²) in [6.45, 7) is 7.53. The summed E-state index contributed by atoms with van der Waals surface area (Å²) >= 11 is 9.48. The second kappa shape index (κ2) is 6.62. The number of anilines is 1. The molecule has 1 rings (SSSR count). The van der Waals surface area contributed by atoms with E-state index in [4.69, 9.17) is 16.3 Å². The standard InChI is InChI=1S/C14H19BrClNO2/c1-9(15)7-10-8-11(16)5-6-12(10)17-13(18)19-14(2,3)4/h5-6,8-9H,7H2,1-4H3,(H,17,18). The highest BCUT2D eigenvalue weighted by molar-refractivity contribution is 9.09. The molecular weight excluding hydrogens is 330 g/mol. The molecule has 3 nitrogen and oxygen atoms in total. The molecule has 106 valence electrons. The summed E-state index contributed by atoms with van der Waals surface area (Å²) in [5, 5.41) is 3.41. The minimum absolute atomic E-state index is 0.296. The maximum absolute atomic E-state index is 11.8. The lowest BCUT2D eigenvalue weighted by Crippen LogP contribution is -2.27. The van der Waals surface area contributed by atoms with E-state index in [0.29, 0.717) is 9.85 Å². The Bertz CT molecular complexity index is 455. The Morgan fingerprint density at radius 2 is 2.11 bits per heavy atom. The Morgan fingerprint density at radius 3 is 2.63 bits per heavy atom. The van der Waals surface area contributed by atoms with E-state index < -0.39 is 11.7 Å². The fourth-order valence-corrected chi connectivity index (χ4v) is 2.11. The van der Waals surface area contributed by atoms with Crippen LogP contribution in [0, 0.1) is 0 Å². The first kappa shape index (κ1) is 16.3. The van der Waals surface area contributed by atoms with E-state index in [1.54, 1.807) is 12.1 Å². The highest BCUT2D eigenvalue weighted by Crippen LogP contribution is 2.24. The molecule has 0 bridgehead atoms. The van der Waals surface area contributed by atoms with Gasteiger partial charge in [-0.25, -0.2) is 4.79 Å². The number of carbonyl (C=O) groups excluding carboxylic acids is 1. The van der Waals surface area contributed by atoms with Crippen LogP contribution >= 0.6 is 27.5 Å². The molecule has 0 aliphatic rings. The molecule has 0 aliphatic carbocycles. The van der Waals surface area contributed by atoms with Gasteiger partial charge in [-0.15, -0.1) is 0 Å². The largest absolute Gasteiger partial charge is 0.444 e. The molecule has 1 aromatic carbocycles. The number of hydrogen-bond acceptors (Lipinski definition) is 2. The van der Waals surface area contributed by atoms with Gasteiger partial charge in [0, 0.05) is 15.5 Å². The first-order valence-electron chi connectivity index (χ1n) is 6.10. The van der Waals surface area contributed by atoms with E-state index in [2.05, 4.69) is 21.2 Å². The van der Waals surface area contributed by atoms with Crippen molar-refractivity contribution in [1.29, 1.82) is 0 Å². The topological polar surface area (TPSA) is 38.3 Å². The number of hydrogen-bond donors (Lipinski definition) is 1. The molecule has 5 heteroatoms. The Morgan fingerprint density at radius 1 is 1.47 bits per heavy atom. The van der Waals surface area contributed by atoms with Gasteiger partial charge < -0.3 is 4.74 Å². The molecule has 0 heterocycles. The molecule has 1 amide bonds. The third-order valence-electron chi connectivity index (χ3n) is 2.20. The van der Waals surface area contributed by atoms with Gasteiger partial charge in [0.25, 0.3) is 0 Å². The minimum atomic E-state index is -0.514. The number of rotatable bonds is 3. The van der Waals surface area contributed by atoms with Crippen molar-refractivity contribution in [2.24, 2.45) is 0 Å². The lowest BCUT2D eigenvalue weighted by Gasteiger charge is -2.20. The fourth-order valence-electron chi connectivity index (χ4n) is 1.57. The average molecular weight is 349 g/mol. The number of alkyl halides is 1. The predicted octanol–water partition coefficient (Wildman–Crippen LogP) is 5.01. The Kier molecular flexibility index (Phi) is 5.68. The summed E-state index contributed by atoms with van der Waals surface area (Å²) in [5.74, 6) is 0. The maximum atomic E-state index is 11.8. The van der Waals surface area contributed by atoms with E-state index in [1.807, 2.05) is 33.8 Å². The molecule has 0 saturated heterocycles. The van der Waals surface area contributed by atoms with Crippen molar-refractivity contribution >= 4 is 39.3 Å². The lowest BCUT2D eigenvalue weighted by molar-refractivity contribution is 0.0636. The summed E-state index contributed by atoms with van der Waals surface area (Å²) in [7, 11) is 0. The molecular formula is C14H19BrClNO2. The zero-order chi connectivity index (χ0) is 14.6. The third-order valence-corrected chi connectivity index (χ3v) is 2.76. The zero-order valence-corrected chi connectivity index (χ0v) is 13.9. The molecule has 0 saturated carbocycles. The van der Waals surface area contributed by atoms with Crippen molar-refractivity contribution in [1.82, 2.24) is 0 Å². The summed E-state index contributed by atoms with van der Waals surface area (Å²) in [6.07, 6.45) is 0.310.